The number of nitrogens with zero attached hydrogens (tertiary/aromatic N) is 1. The monoisotopic (exact) mass is 225 g/mol. The maximum Gasteiger partial charge on any atom is 0.331 e. The van der Waals surface area contributed by atoms with Crippen LogP contribution in [0.15, 0.2) is 17.5 Å². The van der Waals surface area contributed by atoms with Gasteiger partial charge >= 0.3 is 5.97 Å². The zero-order chi connectivity index (χ0) is 10.8. The van der Waals surface area contributed by atoms with E-state index in [0.717, 1.165) is 12.8 Å². The van der Waals surface area contributed by atoms with Crippen molar-refractivity contribution >= 4 is 23.7 Å². The van der Waals surface area contributed by atoms with Crippen molar-refractivity contribution in [2.45, 2.75) is 24.9 Å². The van der Waals surface area contributed by atoms with Gasteiger partial charge in [0, 0.05) is 10.9 Å². The van der Waals surface area contributed by atoms with Crippen LogP contribution in [-0.2, 0) is 9.59 Å². The molecule has 15 heavy (non-hydrogen) atoms. The van der Waals surface area contributed by atoms with Crippen LogP contribution in [0.3, 0.4) is 0 Å². The highest BCUT2D eigenvalue weighted by molar-refractivity contribution is 7.10. The third kappa shape index (κ3) is 2.02. The Morgan fingerprint density at radius 3 is 2.80 bits per heavy atom. The van der Waals surface area contributed by atoms with Crippen molar-refractivity contribution < 1.29 is 14.7 Å². The van der Waals surface area contributed by atoms with Crippen LogP contribution in [0.25, 0.3) is 0 Å². The minimum atomic E-state index is -0.962. The summed E-state index contributed by atoms with van der Waals surface area (Å²) in [5, 5.41) is 10.9. The fourth-order valence-corrected chi connectivity index (χ4v) is 2.40. The molecule has 1 atom stereocenters. The van der Waals surface area contributed by atoms with E-state index >= 15 is 0 Å². The Morgan fingerprint density at radius 1 is 1.67 bits per heavy atom. The SMILES string of the molecule is O=CN(C1CC1)C(C(=O)O)c1cccs1. The molecule has 4 nitrogen and oxygen atoms in total. The first-order chi connectivity index (χ1) is 7.24. The molecular formula is C10H11NO3S. The van der Waals surface area contributed by atoms with Crippen LogP contribution in [0.4, 0.5) is 0 Å². The molecule has 1 N–H and O–H groups in total. The fraction of sp³-hybridized carbons (Fsp3) is 0.400. The van der Waals surface area contributed by atoms with Gasteiger partial charge in [-0.05, 0) is 24.3 Å². The molecule has 0 aromatic carbocycles. The van der Waals surface area contributed by atoms with E-state index in [1.807, 2.05) is 5.38 Å². The van der Waals surface area contributed by atoms with Crippen LogP contribution in [0.1, 0.15) is 23.8 Å². The summed E-state index contributed by atoms with van der Waals surface area (Å²) in [6, 6.07) is 2.86. The first-order valence-electron chi connectivity index (χ1n) is 4.73. The van der Waals surface area contributed by atoms with E-state index in [-0.39, 0.29) is 6.04 Å². The van der Waals surface area contributed by atoms with E-state index in [1.54, 1.807) is 12.1 Å². The molecule has 1 fully saturated rings. The minimum Gasteiger partial charge on any atom is -0.479 e. The molecule has 0 spiro atoms. The van der Waals surface area contributed by atoms with Crippen LogP contribution in [0, 0.1) is 0 Å². The van der Waals surface area contributed by atoms with Gasteiger partial charge in [-0.2, -0.15) is 0 Å². The summed E-state index contributed by atoms with van der Waals surface area (Å²) in [6.45, 7) is 0. The van der Waals surface area contributed by atoms with Gasteiger partial charge in [-0.25, -0.2) is 4.79 Å². The summed E-state index contributed by atoms with van der Waals surface area (Å²) in [6.07, 6.45) is 2.47. The van der Waals surface area contributed by atoms with E-state index in [4.69, 9.17) is 5.11 Å². The van der Waals surface area contributed by atoms with E-state index in [9.17, 15) is 9.59 Å². The molecule has 1 unspecified atom stereocenters. The fourth-order valence-electron chi connectivity index (χ4n) is 1.57. The number of thiophene rings is 1. The number of rotatable bonds is 5. The molecule has 1 aromatic rings. The molecule has 80 valence electrons. The van der Waals surface area contributed by atoms with Crippen LogP contribution in [-0.4, -0.2) is 28.4 Å². The molecule has 1 aliphatic rings. The lowest BCUT2D eigenvalue weighted by molar-refractivity contribution is -0.147. The topological polar surface area (TPSA) is 57.6 Å². The highest BCUT2D eigenvalue weighted by atomic mass is 32.1. The summed E-state index contributed by atoms with van der Waals surface area (Å²) in [5.41, 5.74) is 0. The van der Waals surface area contributed by atoms with Gasteiger partial charge in [0.2, 0.25) is 6.41 Å². The Kier molecular flexibility index (Phi) is 2.73. The number of amides is 1. The van der Waals surface area contributed by atoms with Crippen molar-refractivity contribution in [1.82, 2.24) is 4.90 Å². The average Bonchev–Trinajstić information content (AvgIpc) is 2.90. The predicted octanol–water partition coefficient (Wildman–Crippen LogP) is 1.49. The summed E-state index contributed by atoms with van der Waals surface area (Å²) in [4.78, 5) is 24.2. The normalized spacial score (nSPS) is 17.1. The van der Waals surface area contributed by atoms with Gasteiger partial charge in [-0.3, -0.25) is 4.79 Å². The summed E-state index contributed by atoms with van der Waals surface area (Å²) in [5.74, 6) is -0.962. The molecular weight excluding hydrogens is 214 g/mol. The van der Waals surface area contributed by atoms with Crippen LogP contribution in [0.5, 0.6) is 0 Å². The van der Waals surface area contributed by atoms with E-state index < -0.39 is 12.0 Å². The maximum atomic E-state index is 11.1. The van der Waals surface area contributed by atoms with E-state index in [0.29, 0.717) is 11.3 Å². The molecule has 2 rings (SSSR count). The minimum absolute atomic E-state index is 0.116. The number of carboxylic acid groups (broad SMARTS) is 1. The number of carbonyl (C=O) groups is 2. The van der Waals surface area contributed by atoms with Gasteiger partial charge in [0.15, 0.2) is 6.04 Å². The van der Waals surface area contributed by atoms with Crippen molar-refractivity contribution in [1.29, 1.82) is 0 Å². The second kappa shape index (κ2) is 4.02. The Hall–Kier alpha value is -1.36. The van der Waals surface area contributed by atoms with Gasteiger partial charge in [0.1, 0.15) is 0 Å². The Balaban J connectivity index is 2.25. The molecule has 0 saturated heterocycles. The average molecular weight is 225 g/mol. The van der Waals surface area contributed by atoms with Gasteiger partial charge in [-0.15, -0.1) is 11.3 Å². The van der Waals surface area contributed by atoms with Gasteiger partial charge < -0.3 is 10.0 Å². The lowest BCUT2D eigenvalue weighted by Gasteiger charge is -2.23. The van der Waals surface area contributed by atoms with Gasteiger partial charge in [-0.1, -0.05) is 6.07 Å². The third-order valence-electron chi connectivity index (χ3n) is 2.43. The Bertz CT molecular complexity index is 359. The van der Waals surface area contributed by atoms with Crippen molar-refractivity contribution in [3.8, 4) is 0 Å². The lowest BCUT2D eigenvalue weighted by atomic mass is 10.2. The lowest BCUT2D eigenvalue weighted by Crippen LogP contribution is -2.34. The van der Waals surface area contributed by atoms with Gasteiger partial charge in [0.05, 0.1) is 0 Å². The zero-order valence-corrected chi connectivity index (χ0v) is 8.81. The molecule has 5 heteroatoms. The van der Waals surface area contributed by atoms with E-state index in [1.165, 1.54) is 16.2 Å². The van der Waals surface area contributed by atoms with Crippen molar-refractivity contribution in [2.24, 2.45) is 0 Å². The summed E-state index contributed by atoms with van der Waals surface area (Å²) < 4.78 is 0. The van der Waals surface area contributed by atoms with Gasteiger partial charge in [0.25, 0.3) is 0 Å². The molecule has 1 amide bonds. The quantitative estimate of drug-likeness (QED) is 0.772. The molecule has 1 saturated carbocycles. The smallest absolute Gasteiger partial charge is 0.331 e. The number of hydrogen-bond acceptors (Lipinski definition) is 3. The van der Waals surface area contributed by atoms with Crippen molar-refractivity contribution in [2.75, 3.05) is 0 Å². The molecule has 0 radical (unpaired) electrons. The second-order valence-corrected chi connectivity index (χ2v) is 4.52. The van der Waals surface area contributed by atoms with Crippen LogP contribution in [0.2, 0.25) is 0 Å². The first-order valence-corrected chi connectivity index (χ1v) is 5.61. The molecule has 0 bridgehead atoms. The zero-order valence-electron chi connectivity index (χ0n) is 8.00. The molecule has 1 heterocycles. The van der Waals surface area contributed by atoms with Crippen LogP contribution < -0.4 is 0 Å². The first kappa shape index (κ1) is 10.2. The second-order valence-electron chi connectivity index (χ2n) is 3.54. The molecule has 1 aliphatic carbocycles. The molecule has 1 aromatic heterocycles. The van der Waals surface area contributed by atoms with Crippen molar-refractivity contribution in [3.63, 3.8) is 0 Å². The Labute approximate surface area is 91.1 Å². The third-order valence-corrected chi connectivity index (χ3v) is 3.36. The number of carboxylic acids is 1. The standard InChI is InChI=1S/C10H11NO3S/c12-6-11(7-3-4-7)9(10(13)14)8-2-1-5-15-8/h1-2,5-7,9H,3-4H2,(H,13,14). The number of hydrogen-bond donors (Lipinski definition) is 1. The van der Waals surface area contributed by atoms with E-state index in [2.05, 4.69) is 0 Å². The summed E-state index contributed by atoms with van der Waals surface area (Å²) in [7, 11) is 0. The number of carbonyl (C=O) groups excluding carboxylic acids is 1. The maximum absolute atomic E-state index is 11.1. The summed E-state index contributed by atoms with van der Waals surface area (Å²) >= 11 is 1.37. The Morgan fingerprint density at radius 2 is 2.40 bits per heavy atom. The van der Waals surface area contributed by atoms with Crippen LogP contribution >= 0.6 is 11.3 Å². The van der Waals surface area contributed by atoms with Crippen molar-refractivity contribution in [3.05, 3.63) is 22.4 Å². The highest BCUT2D eigenvalue weighted by Crippen LogP contribution is 2.34. The molecule has 0 aliphatic heterocycles. The number of aliphatic carboxylic acids is 1. The predicted molar refractivity (Wildman–Crippen MR) is 55.6 cm³/mol. The highest BCUT2D eigenvalue weighted by Gasteiger charge is 2.37. The largest absolute Gasteiger partial charge is 0.479 e.